The fraction of sp³-hybridized carbons (Fsp3) is 0.250. The number of allylic oxidation sites excluding steroid dienone is 1. The summed E-state index contributed by atoms with van der Waals surface area (Å²) >= 11 is 0. The fourth-order valence-electron chi connectivity index (χ4n) is 1.30. The summed E-state index contributed by atoms with van der Waals surface area (Å²) in [5, 5.41) is 3.65. The van der Waals surface area contributed by atoms with E-state index in [-0.39, 0.29) is 11.7 Å². The first-order valence-corrected chi connectivity index (χ1v) is 3.44. The fourth-order valence-corrected chi connectivity index (χ4v) is 1.30. The summed E-state index contributed by atoms with van der Waals surface area (Å²) < 4.78 is 0. The number of carbonyl (C=O) groups is 2. The summed E-state index contributed by atoms with van der Waals surface area (Å²) in [7, 11) is 0. The van der Waals surface area contributed by atoms with Crippen LogP contribution in [0.15, 0.2) is 23.3 Å². The molecule has 0 saturated carbocycles. The van der Waals surface area contributed by atoms with E-state index in [1.807, 2.05) is 6.08 Å². The van der Waals surface area contributed by atoms with Crippen LogP contribution in [0.5, 0.6) is 0 Å². The molecule has 0 bridgehead atoms. The number of ketones is 1. The minimum Gasteiger partial charge on any atom is -0.294 e. The molecule has 1 aliphatic heterocycles. The lowest BCUT2D eigenvalue weighted by Crippen LogP contribution is -2.15. The molecule has 55 valence electrons. The Bertz CT molecular complexity index is 299. The van der Waals surface area contributed by atoms with Crippen LogP contribution in [0.25, 0.3) is 0 Å². The van der Waals surface area contributed by atoms with Gasteiger partial charge < -0.3 is 0 Å². The van der Waals surface area contributed by atoms with Crippen molar-refractivity contribution < 1.29 is 9.59 Å². The quantitative estimate of drug-likeness (QED) is 0.452. The first-order valence-electron chi connectivity index (χ1n) is 3.44. The second kappa shape index (κ2) is 2.05. The summed E-state index contributed by atoms with van der Waals surface area (Å²) in [6.45, 7) is 0.385. The molecule has 0 atom stereocenters. The zero-order chi connectivity index (χ0) is 7.84. The van der Waals surface area contributed by atoms with E-state index in [0.29, 0.717) is 18.5 Å². The molecular weight excluding hydrogens is 142 g/mol. The molecule has 0 spiro atoms. The van der Waals surface area contributed by atoms with Gasteiger partial charge in [0, 0.05) is 6.42 Å². The SMILES string of the molecule is O=C1CC=CC2=C1C(=O)[N]C2. The monoisotopic (exact) mass is 148 g/mol. The molecule has 0 saturated heterocycles. The topological polar surface area (TPSA) is 48.2 Å². The lowest BCUT2D eigenvalue weighted by atomic mass is 9.99. The van der Waals surface area contributed by atoms with Crippen LogP contribution < -0.4 is 5.32 Å². The van der Waals surface area contributed by atoms with Crippen molar-refractivity contribution in [3.8, 4) is 0 Å². The zero-order valence-corrected chi connectivity index (χ0v) is 5.83. The van der Waals surface area contributed by atoms with Gasteiger partial charge in [-0.2, -0.15) is 0 Å². The minimum absolute atomic E-state index is 0.0891. The van der Waals surface area contributed by atoms with Crippen LogP contribution in [0.2, 0.25) is 0 Å². The summed E-state index contributed by atoms with van der Waals surface area (Å²) in [6, 6.07) is 0. The van der Waals surface area contributed by atoms with Crippen molar-refractivity contribution >= 4 is 11.7 Å². The molecule has 3 heteroatoms. The minimum atomic E-state index is -0.339. The van der Waals surface area contributed by atoms with Crippen molar-refractivity contribution in [3.63, 3.8) is 0 Å². The smallest absolute Gasteiger partial charge is 0.276 e. The Morgan fingerprint density at radius 1 is 1.36 bits per heavy atom. The number of hydrogen-bond donors (Lipinski definition) is 0. The summed E-state index contributed by atoms with van der Waals surface area (Å²) in [6.07, 6.45) is 3.93. The highest BCUT2D eigenvalue weighted by molar-refractivity contribution is 6.22. The van der Waals surface area contributed by atoms with Gasteiger partial charge in [-0.25, -0.2) is 5.32 Å². The van der Waals surface area contributed by atoms with Crippen LogP contribution >= 0.6 is 0 Å². The molecule has 0 fully saturated rings. The Morgan fingerprint density at radius 2 is 2.18 bits per heavy atom. The molecule has 0 aromatic carbocycles. The predicted molar refractivity (Wildman–Crippen MR) is 37.8 cm³/mol. The van der Waals surface area contributed by atoms with E-state index in [1.165, 1.54) is 0 Å². The van der Waals surface area contributed by atoms with Gasteiger partial charge in [-0.1, -0.05) is 12.2 Å². The van der Waals surface area contributed by atoms with Crippen molar-refractivity contribution in [1.29, 1.82) is 0 Å². The third-order valence-corrected chi connectivity index (χ3v) is 1.83. The average Bonchev–Trinajstić information content (AvgIpc) is 2.34. The molecule has 0 N–H and O–H groups in total. The number of amides is 1. The van der Waals surface area contributed by atoms with Crippen LogP contribution in [0, 0.1) is 0 Å². The molecule has 11 heavy (non-hydrogen) atoms. The first-order chi connectivity index (χ1) is 5.29. The Balaban J connectivity index is 2.49. The van der Waals surface area contributed by atoms with E-state index in [9.17, 15) is 9.59 Å². The van der Waals surface area contributed by atoms with E-state index >= 15 is 0 Å². The molecule has 1 aliphatic carbocycles. The van der Waals surface area contributed by atoms with Crippen molar-refractivity contribution in [1.82, 2.24) is 5.32 Å². The van der Waals surface area contributed by atoms with E-state index in [2.05, 4.69) is 5.32 Å². The van der Waals surface area contributed by atoms with Gasteiger partial charge in [0.1, 0.15) is 0 Å². The molecule has 0 aromatic heterocycles. The maximum Gasteiger partial charge on any atom is 0.276 e. The first kappa shape index (κ1) is 6.34. The lowest BCUT2D eigenvalue weighted by molar-refractivity contribution is -0.121. The molecule has 0 aromatic rings. The van der Waals surface area contributed by atoms with Gasteiger partial charge in [0.05, 0.1) is 12.1 Å². The Morgan fingerprint density at radius 3 is 2.91 bits per heavy atom. The molecule has 1 radical (unpaired) electrons. The van der Waals surface area contributed by atoms with Crippen LogP contribution in [0.1, 0.15) is 6.42 Å². The van der Waals surface area contributed by atoms with Crippen molar-refractivity contribution in [2.24, 2.45) is 0 Å². The maximum absolute atomic E-state index is 11.1. The number of Topliss-reactive ketones (excluding diaryl/α,β-unsaturated/α-hetero) is 1. The van der Waals surface area contributed by atoms with E-state index in [4.69, 9.17) is 0 Å². The normalized spacial score (nSPS) is 22.2. The molecule has 3 nitrogen and oxygen atoms in total. The lowest BCUT2D eigenvalue weighted by Gasteiger charge is -2.01. The summed E-state index contributed by atoms with van der Waals surface area (Å²) in [5.74, 6) is -0.428. The standard InChI is InChI=1S/C8H6NO2/c10-6-3-1-2-5-4-9-8(11)7(5)6/h1-2H,3-4H2. The highest BCUT2D eigenvalue weighted by Gasteiger charge is 2.29. The van der Waals surface area contributed by atoms with Gasteiger partial charge in [0.25, 0.3) is 5.91 Å². The molecular formula is C8H6NO2. The number of nitrogens with zero attached hydrogens (tertiary/aromatic N) is 1. The van der Waals surface area contributed by atoms with Gasteiger partial charge in [0.15, 0.2) is 5.78 Å². The van der Waals surface area contributed by atoms with Crippen LogP contribution in [0.4, 0.5) is 0 Å². The second-order valence-corrected chi connectivity index (χ2v) is 2.55. The maximum atomic E-state index is 11.1. The van der Waals surface area contributed by atoms with Crippen LogP contribution in [-0.4, -0.2) is 18.2 Å². The van der Waals surface area contributed by atoms with Crippen LogP contribution in [0.3, 0.4) is 0 Å². The molecule has 1 amide bonds. The van der Waals surface area contributed by atoms with E-state index in [0.717, 1.165) is 5.57 Å². The van der Waals surface area contributed by atoms with Gasteiger partial charge >= 0.3 is 0 Å². The van der Waals surface area contributed by atoms with Crippen molar-refractivity contribution in [2.75, 3.05) is 6.54 Å². The molecule has 1 heterocycles. The zero-order valence-electron chi connectivity index (χ0n) is 5.83. The second-order valence-electron chi connectivity index (χ2n) is 2.55. The number of carbonyl (C=O) groups excluding carboxylic acids is 2. The van der Waals surface area contributed by atoms with E-state index in [1.54, 1.807) is 6.08 Å². The summed E-state index contributed by atoms with van der Waals surface area (Å²) in [5.41, 5.74) is 1.10. The third kappa shape index (κ3) is 0.808. The molecule has 2 rings (SSSR count). The number of hydrogen-bond acceptors (Lipinski definition) is 2. The van der Waals surface area contributed by atoms with Gasteiger partial charge in [0.2, 0.25) is 0 Å². The Labute approximate surface area is 63.8 Å². The van der Waals surface area contributed by atoms with E-state index < -0.39 is 0 Å². The average molecular weight is 148 g/mol. The highest BCUT2D eigenvalue weighted by atomic mass is 16.2. The van der Waals surface area contributed by atoms with Gasteiger partial charge in [-0.15, -0.1) is 0 Å². The van der Waals surface area contributed by atoms with Crippen molar-refractivity contribution in [3.05, 3.63) is 23.3 Å². The predicted octanol–water partition coefficient (Wildman–Crippen LogP) is -0.0434. The third-order valence-electron chi connectivity index (χ3n) is 1.83. The summed E-state index contributed by atoms with van der Waals surface area (Å²) in [4.78, 5) is 22.0. The number of rotatable bonds is 0. The highest BCUT2D eigenvalue weighted by Crippen LogP contribution is 2.20. The molecule has 0 unspecified atom stereocenters. The van der Waals surface area contributed by atoms with Crippen LogP contribution in [-0.2, 0) is 9.59 Å². The molecule has 2 aliphatic rings. The van der Waals surface area contributed by atoms with Crippen molar-refractivity contribution in [2.45, 2.75) is 6.42 Å². The largest absolute Gasteiger partial charge is 0.294 e. The van der Waals surface area contributed by atoms with Gasteiger partial charge in [-0.05, 0) is 5.57 Å². The van der Waals surface area contributed by atoms with Gasteiger partial charge in [-0.3, -0.25) is 9.59 Å². The Kier molecular flexibility index (Phi) is 1.18. The Hall–Kier alpha value is -1.38.